The van der Waals surface area contributed by atoms with E-state index >= 15 is 0 Å². The Hall–Kier alpha value is -3.31. The summed E-state index contributed by atoms with van der Waals surface area (Å²) in [6.07, 6.45) is 3.50. The molecule has 0 saturated carbocycles. The van der Waals surface area contributed by atoms with Crippen LogP contribution in [-0.4, -0.2) is 15.0 Å². The Balaban J connectivity index is 0.000000225. The summed E-state index contributed by atoms with van der Waals surface area (Å²) >= 11 is 1.68. The van der Waals surface area contributed by atoms with E-state index in [0.717, 1.165) is 38.1 Å². The molecule has 4 aromatic heterocycles. The number of hydrogen-bond donors (Lipinski definition) is 0. The molecule has 0 aliphatic heterocycles. The molecule has 0 saturated heterocycles. The molecule has 0 atom stereocenters. The van der Waals surface area contributed by atoms with Gasteiger partial charge in [-0.15, -0.1) is 47.5 Å². The van der Waals surface area contributed by atoms with Crippen molar-refractivity contribution in [3.63, 3.8) is 0 Å². The van der Waals surface area contributed by atoms with Gasteiger partial charge in [0.05, 0.1) is 0 Å². The number of halogens is 1. The number of aromatic nitrogens is 3. The van der Waals surface area contributed by atoms with Crippen LogP contribution in [0.4, 0.5) is 4.39 Å². The zero-order valence-corrected chi connectivity index (χ0v) is 28.7. The van der Waals surface area contributed by atoms with E-state index in [4.69, 9.17) is 9.60 Å². The van der Waals surface area contributed by atoms with Gasteiger partial charge in [-0.1, -0.05) is 81.7 Å². The van der Waals surface area contributed by atoms with Crippen molar-refractivity contribution in [2.24, 2.45) is 5.41 Å². The minimum Gasteiger partial charge on any atom is -0.305 e. The van der Waals surface area contributed by atoms with Crippen LogP contribution in [0.25, 0.3) is 42.8 Å². The molecule has 0 N–H and O–H groups in total. The van der Waals surface area contributed by atoms with Gasteiger partial charge in [0.1, 0.15) is 4.83 Å². The molecule has 229 valence electrons. The summed E-state index contributed by atoms with van der Waals surface area (Å²) in [7, 11) is 0. The first kappa shape index (κ1) is 24.9. The summed E-state index contributed by atoms with van der Waals surface area (Å²) in [5, 5.41) is 2.36. The molecule has 0 fully saturated rings. The molecule has 3 nitrogen and oxygen atoms in total. The summed E-state index contributed by atoms with van der Waals surface area (Å²) in [5.41, 5.74) is 4.45. The number of thiophene rings is 1. The summed E-state index contributed by atoms with van der Waals surface area (Å²) in [4.78, 5) is 14.3. The van der Waals surface area contributed by atoms with Crippen molar-refractivity contribution in [2.75, 3.05) is 0 Å². The molecule has 0 aliphatic carbocycles. The van der Waals surface area contributed by atoms with Crippen molar-refractivity contribution in [1.82, 2.24) is 15.0 Å². The van der Waals surface area contributed by atoms with Crippen LogP contribution >= 0.6 is 11.3 Å². The van der Waals surface area contributed by atoms with Crippen molar-refractivity contribution in [3.8, 4) is 22.5 Å². The smallest absolute Gasteiger partial charge is 0.113 e. The minimum absolute atomic E-state index is 0. The fourth-order valence-electron chi connectivity index (χ4n) is 4.80. The van der Waals surface area contributed by atoms with Crippen molar-refractivity contribution in [2.45, 2.75) is 67.6 Å². The second-order valence-electron chi connectivity index (χ2n) is 12.0. The van der Waals surface area contributed by atoms with Gasteiger partial charge >= 0.3 is 0 Å². The van der Waals surface area contributed by atoms with Gasteiger partial charge in [-0.3, -0.25) is 4.39 Å². The summed E-state index contributed by atoms with van der Waals surface area (Å²) in [6.45, 7) is 6.99. The average molecular weight is 787 g/mol. The van der Waals surface area contributed by atoms with Crippen molar-refractivity contribution < 1.29 is 34.1 Å². The molecule has 0 bridgehead atoms. The van der Waals surface area contributed by atoms with Crippen LogP contribution < -0.4 is 0 Å². The van der Waals surface area contributed by atoms with Crippen molar-refractivity contribution in [1.29, 1.82) is 0 Å². The average Bonchev–Trinajstić information content (AvgIpc) is 3.37. The van der Waals surface area contributed by atoms with Crippen molar-refractivity contribution >= 4 is 31.6 Å². The maximum absolute atomic E-state index is 14.4. The third kappa shape index (κ3) is 7.66. The standard InChI is InChI=1S/C20H17N2S.C18H21FN.Ir/c1-12(2)14-9-10-21-18(11-14)17-6-4-5-15-16-8-7-13(3)22-20(16)23-19(15)17;1-12-6-7-15(16(19)8-12)17-9-14(10-18(3,4)5)13(2)11-20-17;/h4-5,7-12H,1-3H3;6,8-9,11H,10H2,1-5H3;/q2*-1;/i12D;1D3,2D3;. The topological polar surface area (TPSA) is 38.7 Å². The van der Waals surface area contributed by atoms with Gasteiger partial charge in [-0.2, -0.15) is 11.3 Å². The first-order valence-electron chi connectivity index (χ1n) is 17.5. The number of rotatable bonds is 4. The largest absolute Gasteiger partial charge is 0.305 e. The Morgan fingerprint density at radius 3 is 2.48 bits per heavy atom. The monoisotopic (exact) mass is 787 g/mol. The Kier molecular flexibility index (Phi) is 7.81. The van der Waals surface area contributed by atoms with E-state index in [-0.39, 0.29) is 47.9 Å². The van der Waals surface area contributed by atoms with Crippen LogP contribution in [0, 0.1) is 44.0 Å². The summed E-state index contributed by atoms with van der Waals surface area (Å²) < 4.78 is 68.9. The second-order valence-corrected chi connectivity index (χ2v) is 13.0. The molecular formula is C38H38FIrN3S-2. The molecule has 0 unspecified atom stereocenters. The van der Waals surface area contributed by atoms with E-state index in [1.165, 1.54) is 23.0 Å². The fourth-order valence-corrected chi connectivity index (χ4v) is 6.02. The molecule has 4 heterocycles. The van der Waals surface area contributed by atoms with Crippen LogP contribution in [0.15, 0.2) is 67.0 Å². The Morgan fingerprint density at radius 1 is 0.977 bits per heavy atom. The maximum atomic E-state index is 14.4. The zero-order valence-electron chi connectivity index (χ0n) is 32.5. The number of benzene rings is 2. The molecule has 0 spiro atoms. The van der Waals surface area contributed by atoms with Gasteiger partial charge in [0.2, 0.25) is 0 Å². The predicted octanol–water partition coefficient (Wildman–Crippen LogP) is 10.6. The zero-order chi connectivity index (χ0) is 36.8. The van der Waals surface area contributed by atoms with E-state index in [2.05, 4.69) is 39.2 Å². The molecule has 6 heteroatoms. The molecular weight excluding hydrogens is 742 g/mol. The Morgan fingerprint density at radius 2 is 1.77 bits per heavy atom. The first-order valence-corrected chi connectivity index (χ1v) is 14.8. The van der Waals surface area contributed by atoms with Crippen LogP contribution in [0.3, 0.4) is 0 Å². The van der Waals surface area contributed by atoms with E-state index in [9.17, 15) is 4.39 Å². The third-order valence-electron chi connectivity index (χ3n) is 6.89. The number of nitrogens with zero attached hydrogens (tertiary/aromatic N) is 3. The van der Waals surface area contributed by atoms with E-state index < -0.39 is 25.4 Å². The number of pyridine rings is 3. The Labute approximate surface area is 288 Å². The maximum Gasteiger partial charge on any atom is 0.113 e. The molecule has 0 aliphatic rings. The summed E-state index contributed by atoms with van der Waals surface area (Å²) in [5.74, 6) is -1.40. The van der Waals surface area contributed by atoms with Crippen LogP contribution in [0.1, 0.15) is 78.1 Å². The van der Waals surface area contributed by atoms with Gasteiger partial charge in [0.25, 0.3) is 0 Å². The van der Waals surface area contributed by atoms with Crippen LogP contribution in [0.2, 0.25) is 0 Å². The molecule has 2 aromatic carbocycles. The van der Waals surface area contributed by atoms with Crippen LogP contribution in [0.5, 0.6) is 0 Å². The quantitative estimate of drug-likeness (QED) is 0.167. The summed E-state index contributed by atoms with van der Waals surface area (Å²) in [6, 6.07) is 21.8. The molecule has 44 heavy (non-hydrogen) atoms. The van der Waals surface area contributed by atoms with Gasteiger partial charge in [0.15, 0.2) is 0 Å². The van der Waals surface area contributed by atoms with Gasteiger partial charge in [-0.05, 0) is 70.7 Å². The SMILES string of the molecule is [2H]C(C)(C)c1ccnc(-c2[c-]ccc3c2sc2nc(C)ccc23)c1.[2H]C([2H])([2H])c1c[c-]c(-c2cc(CC(C)(C)C)c(C([2H])([2H])[2H])cn2)c(F)c1.[Ir]. The molecule has 0 amide bonds. The van der Waals surface area contributed by atoms with E-state index in [1.54, 1.807) is 23.6 Å². The van der Waals surface area contributed by atoms with E-state index in [0.29, 0.717) is 12.0 Å². The Bertz CT molecular complexity index is 2180. The molecule has 6 aromatic rings. The van der Waals surface area contributed by atoms with E-state index in [1.807, 2.05) is 65.8 Å². The number of fused-ring (bicyclic) bond motifs is 3. The van der Waals surface area contributed by atoms with Gasteiger partial charge < -0.3 is 9.97 Å². The molecule has 6 rings (SSSR count). The number of hydrogen-bond acceptors (Lipinski definition) is 4. The van der Waals surface area contributed by atoms with Gasteiger partial charge in [0, 0.05) is 53.6 Å². The first-order chi connectivity index (χ1) is 23.1. The van der Waals surface area contributed by atoms with Gasteiger partial charge in [-0.25, -0.2) is 4.98 Å². The fraction of sp³-hybridized carbons (Fsp3) is 0.289. The minimum atomic E-state index is -2.42. The van der Waals surface area contributed by atoms with Crippen molar-refractivity contribution in [3.05, 3.63) is 113 Å². The molecule has 1 radical (unpaired) electrons. The third-order valence-corrected chi connectivity index (χ3v) is 8.02. The van der Waals surface area contributed by atoms with Crippen LogP contribution in [-0.2, 0) is 26.5 Å². The predicted molar refractivity (Wildman–Crippen MR) is 179 cm³/mol. The second kappa shape index (κ2) is 13.8. The normalized spacial score (nSPS) is 14.6. The number of aryl methyl sites for hydroxylation is 3.